The van der Waals surface area contributed by atoms with E-state index < -0.39 is 0 Å². The van der Waals surface area contributed by atoms with E-state index in [1.165, 1.54) is 70.6 Å². The van der Waals surface area contributed by atoms with Crippen molar-refractivity contribution in [3.05, 3.63) is 0 Å². The van der Waals surface area contributed by atoms with Gasteiger partial charge in [0.2, 0.25) is 0 Å². The molecule has 604 valence electrons. The molecule has 14 saturated carbocycles. The molecule has 14 fully saturated rings. The van der Waals surface area contributed by atoms with E-state index >= 15 is 0 Å². The summed E-state index contributed by atoms with van der Waals surface area (Å²) in [5, 5.41) is 0. The molecule has 23 atom stereocenters. The minimum absolute atomic E-state index is 0.689. The molecule has 0 heteroatoms. The van der Waals surface area contributed by atoms with Crippen molar-refractivity contribution >= 4 is 0 Å². The second-order valence-electron chi connectivity index (χ2n) is 46.7. The zero-order valence-electron chi connectivity index (χ0n) is 77.4. The monoisotopic (exact) mass is 1420 g/mol. The van der Waals surface area contributed by atoms with Gasteiger partial charge >= 0.3 is 0 Å². The van der Waals surface area contributed by atoms with E-state index in [2.05, 4.69) is 263 Å². The molecule has 14 aliphatic rings. The van der Waals surface area contributed by atoms with Gasteiger partial charge in [-0.15, -0.1) is 0 Å². The van der Waals surface area contributed by atoms with E-state index in [0.717, 1.165) is 254 Å². The van der Waals surface area contributed by atoms with Crippen LogP contribution in [0, 0.1) is 259 Å². The van der Waals surface area contributed by atoms with Crippen LogP contribution in [0.4, 0.5) is 0 Å². The van der Waals surface area contributed by atoms with Crippen LogP contribution in [0.25, 0.3) is 0 Å². The highest BCUT2D eigenvalue weighted by Gasteiger charge is 2.57. The minimum atomic E-state index is 0.689. The Labute approximate surface area is 647 Å². The molecule has 0 aromatic heterocycles. The average Bonchev–Trinajstić information content (AvgIpc) is 1.61. The fourth-order valence-electron chi connectivity index (χ4n) is 27.3. The molecule has 14 aliphatic carbocycles. The number of hydrogen-bond donors (Lipinski definition) is 0. The van der Waals surface area contributed by atoms with Crippen molar-refractivity contribution < 1.29 is 0 Å². The third-order valence-electron chi connectivity index (χ3n) is 33.9. The lowest BCUT2D eigenvalue weighted by Gasteiger charge is -2.36. The van der Waals surface area contributed by atoms with E-state index in [1.807, 2.05) is 0 Å². The molecule has 14 rings (SSSR count). The largest absolute Gasteiger partial charge is 0.0625 e. The Morgan fingerprint density at radius 1 is 0.245 bits per heavy atom. The van der Waals surface area contributed by atoms with Gasteiger partial charge in [-0.25, -0.2) is 0 Å². The topological polar surface area (TPSA) is 0 Å². The van der Waals surface area contributed by atoms with Crippen molar-refractivity contribution in [2.45, 2.75) is 392 Å². The van der Waals surface area contributed by atoms with Gasteiger partial charge in [-0.1, -0.05) is 276 Å². The van der Waals surface area contributed by atoms with Gasteiger partial charge in [-0.2, -0.15) is 0 Å². The first-order chi connectivity index (χ1) is 47.2. The van der Waals surface area contributed by atoms with Crippen LogP contribution in [-0.2, 0) is 0 Å². The van der Waals surface area contributed by atoms with Crippen molar-refractivity contribution in [2.24, 2.45) is 259 Å². The Morgan fingerprint density at radius 3 is 0.863 bits per heavy atom. The highest BCUT2D eigenvalue weighted by molar-refractivity contribution is 5.06. The predicted octanol–water partition coefficient (Wildman–Crippen LogP) is 32.5. The molecule has 0 amide bonds. The molecular formula is C102H196. The maximum absolute atomic E-state index is 2.46. The maximum atomic E-state index is 2.46. The molecule has 102 heavy (non-hydrogen) atoms. The number of fused-ring (bicyclic) bond motifs is 4. The average molecular weight is 1420 g/mol. The minimum Gasteiger partial charge on any atom is -0.0625 e. The summed E-state index contributed by atoms with van der Waals surface area (Å²) >= 11 is 0. The van der Waals surface area contributed by atoms with Crippen LogP contribution in [0.3, 0.4) is 0 Å². The molecule has 23 unspecified atom stereocenters. The molecule has 0 heterocycles. The van der Waals surface area contributed by atoms with Gasteiger partial charge in [0.05, 0.1) is 0 Å². The third kappa shape index (κ3) is 25.0. The summed E-state index contributed by atoms with van der Waals surface area (Å²) in [5.74, 6) is 41.7. The first-order valence-electron chi connectivity index (χ1n) is 47.2. The summed E-state index contributed by atoms with van der Waals surface area (Å²) in [5.41, 5.74) is 1.54. The summed E-state index contributed by atoms with van der Waals surface area (Å²) in [6, 6.07) is 0. The quantitative estimate of drug-likeness (QED) is 0.136. The molecule has 1 spiro atoms. The van der Waals surface area contributed by atoms with E-state index in [0.29, 0.717) is 5.41 Å². The standard InChI is InChI=1S/2C13H24.C12H22.2C12H24.C11H22.C10H18.C10H20.C9H18/c1-9(2)11-7-13(5-6-13)8-12(11)10(3)4;1-8(2)12-10-5-6-11(7-10)13(12)9(3)4;1-7(2)10-5-9-6-11(9)12(10)8(3)4;1-8(2)11-6-10(5)7-12(11)9(3)4;1-8(2)11-7-6-10(5)12(11)9(3)4;1-8(2)10-6-5-7-11(10)9(3)4;1-6(2)10-7(3)8-4-9(10)5-8;1-7(2)9-6-10(9,5)8(3)4;1-6(2)8-5-9(8)7(3)4/h9-12H,5-8H2,1-4H3;8-13H,5-7H2,1-4H3;7-12H,5-6H2,1-4H3;2*8-12H,6-7H2,1-5H3;8-11H,5-7H2,1-4H3;6-10H,4-5H2,1-3H3;7-9H,6H2,1-5H3;6-9H,5H2,1-4H3. The van der Waals surface area contributed by atoms with Crippen molar-refractivity contribution in [2.75, 3.05) is 0 Å². The molecule has 0 aliphatic heterocycles. The summed E-state index contributed by atoms with van der Waals surface area (Å²) < 4.78 is 0. The Hall–Kier alpha value is 0. The summed E-state index contributed by atoms with van der Waals surface area (Å²) in [6.07, 6.45) is 30.3. The number of hydrogen-bond acceptors (Lipinski definition) is 0. The molecule has 0 aromatic rings. The Bertz CT molecular complexity index is 2140. The fourth-order valence-corrected chi connectivity index (χ4v) is 27.3. The maximum Gasteiger partial charge on any atom is -0.0269 e. The molecule has 4 bridgehead atoms. The van der Waals surface area contributed by atoms with Gasteiger partial charge in [0.25, 0.3) is 0 Å². The lowest BCUT2D eigenvalue weighted by Crippen LogP contribution is -2.30. The third-order valence-corrected chi connectivity index (χ3v) is 33.9. The van der Waals surface area contributed by atoms with Crippen LogP contribution in [0.15, 0.2) is 0 Å². The second kappa shape index (κ2) is 40.5. The molecule has 0 saturated heterocycles. The lowest BCUT2D eigenvalue weighted by molar-refractivity contribution is 0.124. The van der Waals surface area contributed by atoms with E-state index in [-0.39, 0.29) is 0 Å². The lowest BCUT2D eigenvalue weighted by atomic mass is 9.69. The summed E-state index contributed by atoms with van der Waals surface area (Å²) in [4.78, 5) is 0. The molecule has 0 N–H and O–H groups in total. The summed E-state index contributed by atoms with van der Waals surface area (Å²) in [6.45, 7) is 91.0. The van der Waals surface area contributed by atoms with Crippen molar-refractivity contribution in [1.82, 2.24) is 0 Å². The Balaban J connectivity index is 0.000000207. The highest BCUT2D eigenvalue weighted by Crippen LogP contribution is 2.66. The smallest absolute Gasteiger partial charge is 0.0269 e. The number of rotatable bonds is 17. The van der Waals surface area contributed by atoms with Gasteiger partial charge in [0.15, 0.2) is 0 Å². The fraction of sp³-hybridized carbons (Fsp3) is 1.00. The SMILES string of the molecule is CC(C)C1C2CC(C2)C1C.CC(C)C1C2CCC(C2)C1C(C)C.CC(C)C1CC1(C)C(C)C.CC(C)C1CC1C(C)C.CC(C)C1CC2(CC2)CC1C(C)C.CC(C)C1CC2CC2C1C(C)C.CC(C)C1CCC(C)C1C(C)C.CC(C)C1CCCC1C(C)C.CC1CC(C(C)C)C(C(C)C)C1. The van der Waals surface area contributed by atoms with Gasteiger partial charge in [-0.05, 0) is 375 Å². The van der Waals surface area contributed by atoms with Gasteiger partial charge in [0, 0.05) is 0 Å². The van der Waals surface area contributed by atoms with E-state index in [4.69, 9.17) is 0 Å². The highest BCUT2D eigenvalue weighted by atomic mass is 14.6. The van der Waals surface area contributed by atoms with Crippen LogP contribution < -0.4 is 0 Å². The van der Waals surface area contributed by atoms with Crippen LogP contribution in [0.5, 0.6) is 0 Å². The Kier molecular flexibility index (Phi) is 36.7. The second-order valence-corrected chi connectivity index (χ2v) is 46.7. The Morgan fingerprint density at radius 2 is 0.608 bits per heavy atom. The van der Waals surface area contributed by atoms with Crippen molar-refractivity contribution in [3.63, 3.8) is 0 Å². The molecule has 0 aromatic carbocycles. The molecule has 0 radical (unpaired) electrons. The van der Waals surface area contributed by atoms with Crippen molar-refractivity contribution in [3.8, 4) is 0 Å². The van der Waals surface area contributed by atoms with Crippen LogP contribution in [0.1, 0.15) is 392 Å². The van der Waals surface area contributed by atoms with E-state index in [9.17, 15) is 0 Å². The molecular weight excluding hydrogens is 1230 g/mol. The zero-order valence-corrected chi connectivity index (χ0v) is 77.4. The zero-order chi connectivity index (χ0) is 77.4. The van der Waals surface area contributed by atoms with E-state index in [1.54, 1.807) is 57.8 Å². The first-order valence-corrected chi connectivity index (χ1v) is 47.2. The van der Waals surface area contributed by atoms with Gasteiger partial charge in [0.1, 0.15) is 0 Å². The van der Waals surface area contributed by atoms with Gasteiger partial charge < -0.3 is 0 Å². The van der Waals surface area contributed by atoms with Gasteiger partial charge in [-0.3, -0.25) is 0 Å². The normalized spacial score (nSPS) is 39.6. The van der Waals surface area contributed by atoms with Crippen LogP contribution >= 0.6 is 0 Å². The van der Waals surface area contributed by atoms with Crippen LogP contribution in [0.2, 0.25) is 0 Å². The molecule has 0 nitrogen and oxygen atoms in total. The summed E-state index contributed by atoms with van der Waals surface area (Å²) in [7, 11) is 0. The first kappa shape index (κ1) is 92.6. The van der Waals surface area contributed by atoms with Crippen molar-refractivity contribution in [1.29, 1.82) is 0 Å². The van der Waals surface area contributed by atoms with Crippen LogP contribution in [-0.4, -0.2) is 0 Å². The predicted molar refractivity (Wildman–Crippen MR) is 459 cm³/mol.